The van der Waals surface area contributed by atoms with Gasteiger partial charge in [-0.25, -0.2) is 14.6 Å². The highest BCUT2D eigenvalue weighted by Gasteiger charge is 2.17. The second-order valence-corrected chi connectivity index (χ2v) is 4.75. The molecule has 0 aliphatic carbocycles. The molecule has 0 amide bonds. The molecule has 0 aliphatic rings. The standard InChI is InChI=1S/C17H24O4/c1-4-19-17(18)14(2)15(3)21-20-13-9-8-12-16-10-6-5-7-11-16/h5-7,10-11,15H,2,4,8-9,12-13H2,1,3H3. The first kappa shape index (κ1) is 17.4. The fourth-order valence-corrected chi connectivity index (χ4v) is 1.73. The molecule has 21 heavy (non-hydrogen) atoms. The van der Waals surface area contributed by atoms with Gasteiger partial charge >= 0.3 is 5.97 Å². The van der Waals surface area contributed by atoms with Gasteiger partial charge < -0.3 is 4.74 Å². The van der Waals surface area contributed by atoms with Gasteiger partial charge in [0, 0.05) is 0 Å². The number of benzene rings is 1. The van der Waals surface area contributed by atoms with E-state index in [1.807, 2.05) is 18.2 Å². The molecular weight excluding hydrogens is 268 g/mol. The van der Waals surface area contributed by atoms with Crippen LogP contribution in [0.1, 0.15) is 32.3 Å². The van der Waals surface area contributed by atoms with Gasteiger partial charge in [-0.3, -0.25) is 0 Å². The first-order chi connectivity index (χ1) is 10.1. The van der Waals surface area contributed by atoms with E-state index in [9.17, 15) is 4.79 Å². The van der Waals surface area contributed by atoms with Gasteiger partial charge in [0.05, 0.1) is 18.8 Å². The lowest BCUT2D eigenvalue weighted by Gasteiger charge is -2.13. The minimum atomic E-state index is -0.502. The summed E-state index contributed by atoms with van der Waals surface area (Å²) in [5.74, 6) is -0.447. The number of ether oxygens (including phenoxy) is 1. The number of hydrogen-bond donors (Lipinski definition) is 0. The lowest BCUT2D eigenvalue weighted by molar-refractivity contribution is -0.313. The third-order valence-corrected chi connectivity index (χ3v) is 3.03. The van der Waals surface area contributed by atoms with Gasteiger partial charge in [0.2, 0.25) is 0 Å². The molecule has 0 aromatic heterocycles. The summed E-state index contributed by atoms with van der Waals surface area (Å²) in [4.78, 5) is 21.7. The average Bonchev–Trinajstić information content (AvgIpc) is 2.51. The zero-order valence-corrected chi connectivity index (χ0v) is 12.8. The topological polar surface area (TPSA) is 44.8 Å². The van der Waals surface area contributed by atoms with E-state index in [0.717, 1.165) is 19.3 Å². The summed E-state index contributed by atoms with van der Waals surface area (Å²) >= 11 is 0. The van der Waals surface area contributed by atoms with Crippen LogP contribution in [0.15, 0.2) is 42.5 Å². The first-order valence-electron chi connectivity index (χ1n) is 7.33. The van der Waals surface area contributed by atoms with Crippen molar-refractivity contribution in [2.45, 2.75) is 39.2 Å². The zero-order chi connectivity index (χ0) is 15.5. The Morgan fingerprint density at radius 3 is 2.62 bits per heavy atom. The average molecular weight is 292 g/mol. The second-order valence-electron chi connectivity index (χ2n) is 4.75. The molecule has 1 rings (SSSR count). The maximum absolute atomic E-state index is 11.4. The van der Waals surface area contributed by atoms with E-state index in [0.29, 0.717) is 13.2 Å². The summed E-state index contributed by atoms with van der Waals surface area (Å²) in [6, 6.07) is 10.3. The molecule has 1 aromatic carbocycles. The molecule has 1 aromatic rings. The number of aryl methyl sites for hydroxylation is 1. The lowest BCUT2D eigenvalue weighted by Crippen LogP contribution is -2.20. The van der Waals surface area contributed by atoms with E-state index >= 15 is 0 Å². The Bertz CT molecular complexity index is 428. The van der Waals surface area contributed by atoms with Crippen LogP contribution >= 0.6 is 0 Å². The van der Waals surface area contributed by atoms with Gasteiger partial charge in [-0.15, -0.1) is 0 Å². The molecule has 0 N–H and O–H groups in total. The third kappa shape index (κ3) is 7.06. The monoisotopic (exact) mass is 292 g/mol. The molecule has 0 fully saturated rings. The van der Waals surface area contributed by atoms with Crippen molar-refractivity contribution < 1.29 is 19.3 Å². The van der Waals surface area contributed by atoms with Crippen LogP contribution in [0, 0.1) is 0 Å². The quantitative estimate of drug-likeness (QED) is 0.218. The van der Waals surface area contributed by atoms with Crippen LogP contribution in [-0.4, -0.2) is 25.3 Å². The molecule has 1 unspecified atom stereocenters. The molecule has 4 nitrogen and oxygen atoms in total. The Balaban J connectivity index is 2.08. The Labute approximate surface area is 126 Å². The number of hydrogen-bond acceptors (Lipinski definition) is 4. The maximum atomic E-state index is 11.4. The summed E-state index contributed by atoms with van der Waals surface area (Å²) in [6.07, 6.45) is 2.45. The van der Waals surface area contributed by atoms with Crippen molar-refractivity contribution in [2.75, 3.05) is 13.2 Å². The summed E-state index contributed by atoms with van der Waals surface area (Å²) in [6.45, 7) is 7.93. The van der Waals surface area contributed by atoms with Gasteiger partial charge in [-0.1, -0.05) is 36.9 Å². The molecule has 4 heteroatoms. The highest BCUT2D eigenvalue weighted by molar-refractivity contribution is 5.88. The number of esters is 1. The van der Waals surface area contributed by atoms with Gasteiger partial charge in [-0.05, 0) is 38.7 Å². The molecular formula is C17H24O4. The van der Waals surface area contributed by atoms with Crippen molar-refractivity contribution in [3.8, 4) is 0 Å². The molecule has 0 radical (unpaired) electrons. The molecule has 116 valence electrons. The van der Waals surface area contributed by atoms with Crippen molar-refractivity contribution in [2.24, 2.45) is 0 Å². The fourth-order valence-electron chi connectivity index (χ4n) is 1.73. The third-order valence-electron chi connectivity index (χ3n) is 3.03. The Morgan fingerprint density at radius 1 is 1.24 bits per heavy atom. The SMILES string of the molecule is C=C(C(=O)OCC)C(C)OOCCCCc1ccccc1. The highest BCUT2D eigenvalue weighted by Crippen LogP contribution is 2.08. The number of rotatable bonds is 10. The van der Waals surface area contributed by atoms with Crippen molar-refractivity contribution in [1.82, 2.24) is 0 Å². The number of unbranched alkanes of at least 4 members (excludes halogenated alkanes) is 1. The molecule has 0 saturated heterocycles. The van der Waals surface area contributed by atoms with Crippen molar-refractivity contribution in [3.63, 3.8) is 0 Å². The van der Waals surface area contributed by atoms with Crippen LogP contribution < -0.4 is 0 Å². The van der Waals surface area contributed by atoms with Gasteiger partial charge in [-0.2, -0.15) is 0 Å². The Kier molecular flexibility index (Phi) is 8.40. The zero-order valence-electron chi connectivity index (χ0n) is 12.8. The van der Waals surface area contributed by atoms with E-state index in [1.54, 1.807) is 13.8 Å². The Morgan fingerprint density at radius 2 is 1.95 bits per heavy atom. The van der Waals surface area contributed by atoms with Crippen LogP contribution in [-0.2, 0) is 25.7 Å². The summed E-state index contributed by atoms with van der Waals surface area (Å²) in [5, 5.41) is 0. The first-order valence-corrected chi connectivity index (χ1v) is 7.33. The van der Waals surface area contributed by atoms with Crippen molar-refractivity contribution in [3.05, 3.63) is 48.0 Å². The van der Waals surface area contributed by atoms with Crippen LogP contribution in [0.3, 0.4) is 0 Å². The summed E-state index contributed by atoms with van der Waals surface area (Å²) < 4.78 is 4.84. The predicted molar refractivity (Wildman–Crippen MR) is 81.7 cm³/mol. The minimum absolute atomic E-state index is 0.265. The van der Waals surface area contributed by atoms with Crippen LogP contribution in [0.5, 0.6) is 0 Å². The van der Waals surface area contributed by atoms with Gasteiger partial charge in [0.1, 0.15) is 6.10 Å². The number of carbonyl (C=O) groups excluding carboxylic acids is 1. The fraction of sp³-hybridized carbons (Fsp3) is 0.471. The Hall–Kier alpha value is -1.65. The van der Waals surface area contributed by atoms with Gasteiger partial charge in [0.15, 0.2) is 0 Å². The van der Waals surface area contributed by atoms with E-state index < -0.39 is 12.1 Å². The second kappa shape index (κ2) is 10.1. The molecule has 1 atom stereocenters. The summed E-state index contributed by atoms with van der Waals surface area (Å²) in [7, 11) is 0. The van der Waals surface area contributed by atoms with Crippen LogP contribution in [0.4, 0.5) is 0 Å². The molecule has 0 heterocycles. The lowest BCUT2D eigenvalue weighted by atomic mass is 10.1. The van der Waals surface area contributed by atoms with Crippen molar-refractivity contribution >= 4 is 5.97 Å². The van der Waals surface area contributed by atoms with E-state index in [2.05, 4.69) is 18.7 Å². The van der Waals surface area contributed by atoms with E-state index in [-0.39, 0.29) is 5.57 Å². The largest absolute Gasteiger partial charge is 0.463 e. The van der Waals surface area contributed by atoms with Crippen molar-refractivity contribution in [1.29, 1.82) is 0 Å². The molecule has 0 saturated carbocycles. The smallest absolute Gasteiger partial charge is 0.336 e. The maximum Gasteiger partial charge on any atom is 0.336 e. The predicted octanol–water partition coefficient (Wildman–Crippen LogP) is 3.47. The minimum Gasteiger partial charge on any atom is -0.463 e. The van der Waals surface area contributed by atoms with E-state index in [1.165, 1.54) is 5.56 Å². The van der Waals surface area contributed by atoms with Gasteiger partial charge in [0.25, 0.3) is 0 Å². The normalized spacial score (nSPS) is 11.9. The molecule has 0 aliphatic heterocycles. The summed E-state index contributed by atoms with van der Waals surface area (Å²) in [5.41, 5.74) is 1.59. The van der Waals surface area contributed by atoms with E-state index in [4.69, 9.17) is 14.5 Å². The van der Waals surface area contributed by atoms with Crippen LogP contribution in [0.25, 0.3) is 0 Å². The number of carbonyl (C=O) groups is 1. The highest BCUT2D eigenvalue weighted by atomic mass is 17.2. The molecule has 0 bridgehead atoms. The van der Waals surface area contributed by atoms with Crippen LogP contribution in [0.2, 0.25) is 0 Å². The molecule has 0 spiro atoms.